The second-order valence-corrected chi connectivity index (χ2v) is 10.1. The maximum absolute atomic E-state index is 13.0. The first kappa shape index (κ1) is 22.8. The lowest BCUT2D eigenvalue weighted by Crippen LogP contribution is -2.32. The van der Waals surface area contributed by atoms with E-state index in [9.17, 15) is 19.2 Å². The van der Waals surface area contributed by atoms with Crippen LogP contribution in [0.15, 0.2) is 48.5 Å². The van der Waals surface area contributed by atoms with Crippen molar-refractivity contribution in [3.05, 3.63) is 48.5 Å². The number of hydrogen-bond acceptors (Lipinski definition) is 6. The van der Waals surface area contributed by atoms with Gasteiger partial charge in [-0.2, -0.15) is 0 Å². The molecule has 2 aromatic carbocycles. The number of amides is 3. The van der Waals surface area contributed by atoms with Crippen molar-refractivity contribution >= 4 is 35.1 Å². The van der Waals surface area contributed by atoms with Gasteiger partial charge in [0, 0.05) is 13.0 Å². The lowest BCUT2D eigenvalue weighted by molar-refractivity contribution is -0.139. The van der Waals surface area contributed by atoms with Gasteiger partial charge in [0.2, 0.25) is 17.7 Å². The number of nitrogens with zero attached hydrogens (tertiary/aromatic N) is 2. The highest BCUT2D eigenvalue weighted by Gasteiger charge is 2.61. The monoisotopic (exact) mass is 488 g/mol. The standard InChI is InChI=1S/C28H28N2O6/c1-2-35-22-6-4-3-5-21(22)29-15-18(14-23(29)31)28(34)36-20-11-9-19(10-12-20)30-26(32)24-16-7-8-17(13-16)25(24)27(30)33/h3-6,9-12,16-18,24-25H,2,7-8,13-15H2,1H3/t16-,17-,18+,24-,25+/m0/s1. The van der Waals surface area contributed by atoms with Gasteiger partial charge in [0.1, 0.15) is 11.5 Å². The van der Waals surface area contributed by atoms with Gasteiger partial charge in [-0.3, -0.25) is 24.1 Å². The molecule has 2 saturated heterocycles. The Bertz CT molecular complexity index is 1210. The fourth-order valence-corrected chi connectivity index (χ4v) is 6.58. The van der Waals surface area contributed by atoms with Gasteiger partial charge in [0.25, 0.3) is 0 Å². The second kappa shape index (κ2) is 8.76. The van der Waals surface area contributed by atoms with Crippen LogP contribution >= 0.6 is 0 Å². The van der Waals surface area contributed by atoms with Gasteiger partial charge >= 0.3 is 5.97 Å². The van der Waals surface area contributed by atoms with Crippen molar-refractivity contribution in [2.24, 2.45) is 29.6 Å². The molecule has 2 bridgehead atoms. The third-order valence-electron chi connectivity index (χ3n) is 8.16. The van der Waals surface area contributed by atoms with Crippen LogP contribution in [0.5, 0.6) is 11.5 Å². The predicted octanol–water partition coefficient (Wildman–Crippen LogP) is 3.58. The fraction of sp³-hybridized carbons (Fsp3) is 0.429. The normalized spacial score (nSPS) is 28.7. The number of fused-ring (bicyclic) bond motifs is 5. The van der Waals surface area contributed by atoms with E-state index in [1.165, 1.54) is 4.90 Å². The van der Waals surface area contributed by atoms with Crippen molar-refractivity contribution in [2.75, 3.05) is 23.0 Å². The lowest BCUT2D eigenvalue weighted by atomic mass is 9.81. The molecule has 0 spiro atoms. The Labute approximate surface area is 209 Å². The van der Waals surface area contributed by atoms with Crippen LogP contribution < -0.4 is 19.3 Å². The van der Waals surface area contributed by atoms with Crippen molar-refractivity contribution in [1.82, 2.24) is 0 Å². The molecule has 0 aromatic heterocycles. The van der Waals surface area contributed by atoms with E-state index in [4.69, 9.17) is 9.47 Å². The molecule has 3 amide bonds. The van der Waals surface area contributed by atoms with Crippen LogP contribution in [0.25, 0.3) is 0 Å². The number of rotatable bonds is 6. The zero-order valence-electron chi connectivity index (χ0n) is 20.1. The quantitative estimate of drug-likeness (QED) is 0.351. The first-order chi connectivity index (χ1) is 17.5. The lowest BCUT2D eigenvalue weighted by Gasteiger charge is -2.20. The van der Waals surface area contributed by atoms with E-state index >= 15 is 0 Å². The highest BCUT2D eigenvalue weighted by Crippen LogP contribution is 2.56. The van der Waals surface area contributed by atoms with E-state index in [0.717, 1.165) is 19.3 Å². The average molecular weight is 489 g/mol. The summed E-state index contributed by atoms with van der Waals surface area (Å²) < 4.78 is 11.2. The Kier molecular flexibility index (Phi) is 5.54. The molecule has 2 aliphatic carbocycles. The summed E-state index contributed by atoms with van der Waals surface area (Å²) in [7, 11) is 0. The Morgan fingerprint density at radius 2 is 1.61 bits per heavy atom. The predicted molar refractivity (Wildman–Crippen MR) is 130 cm³/mol. The van der Waals surface area contributed by atoms with Gasteiger partial charge in [0.05, 0.1) is 35.7 Å². The van der Waals surface area contributed by atoms with Crippen LogP contribution in [0.3, 0.4) is 0 Å². The minimum Gasteiger partial charge on any atom is -0.492 e. The number of esters is 1. The highest BCUT2D eigenvalue weighted by molar-refractivity contribution is 6.22. The Balaban J connectivity index is 1.12. The van der Waals surface area contributed by atoms with Crippen LogP contribution in [-0.4, -0.2) is 36.8 Å². The average Bonchev–Trinajstić information content (AvgIpc) is 3.64. The van der Waals surface area contributed by atoms with E-state index in [1.807, 2.05) is 19.1 Å². The summed E-state index contributed by atoms with van der Waals surface area (Å²) in [6, 6.07) is 13.7. The Morgan fingerprint density at radius 3 is 2.28 bits per heavy atom. The van der Waals surface area contributed by atoms with Crippen LogP contribution in [0.1, 0.15) is 32.6 Å². The van der Waals surface area contributed by atoms with Crippen molar-refractivity contribution in [2.45, 2.75) is 32.6 Å². The summed E-state index contributed by atoms with van der Waals surface area (Å²) in [5.41, 5.74) is 1.15. The fourth-order valence-electron chi connectivity index (χ4n) is 6.58. The van der Waals surface area contributed by atoms with E-state index in [0.29, 0.717) is 41.3 Å². The minimum absolute atomic E-state index is 0.0548. The third kappa shape index (κ3) is 3.58. The van der Waals surface area contributed by atoms with Gasteiger partial charge in [-0.15, -0.1) is 0 Å². The summed E-state index contributed by atoms with van der Waals surface area (Å²) in [4.78, 5) is 54.5. The number of carbonyl (C=O) groups excluding carboxylic acids is 4. The summed E-state index contributed by atoms with van der Waals surface area (Å²) >= 11 is 0. The third-order valence-corrected chi connectivity index (χ3v) is 8.16. The number of benzene rings is 2. The number of carbonyl (C=O) groups is 4. The van der Waals surface area contributed by atoms with E-state index in [2.05, 4.69) is 0 Å². The summed E-state index contributed by atoms with van der Waals surface area (Å²) in [5.74, 6) is -0.247. The highest BCUT2D eigenvalue weighted by atomic mass is 16.5. The van der Waals surface area contributed by atoms with Crippen LogP contribution in [0, 0.1) is 29.6 Å². The van der Waals surface area contributed by atoms with Crippen LogP contribution in [-0.2, 0) is 19.2 Å². The smallest absolute Gasteiger partial charge is 0.316 e. The molecule has 4 fully saturated rings. The van der Waals surface area contributed by atoms with E-state index < -0.39 is 11.9 Å². The van der Waals surface area contributed by atoms with Crippen LogP contribution in [0.2, 0.25) is 0 Å². The topological polar surface area (TPSA) is 93.2 Å². The number of anilines is 2. The van der Waals surface area contributed by atoms with Gasteiger partial charge in [-0.25, -0.2) is 0 Å². The Hall–Kier alpha value is -3.68. The molecular weight excluding hydrogens is 460 g/mol. The molecule has 6 rings (SSSR count). The van der Waals surface area contributed by atoms with Crippen LogP contribution in [0.4, 0.5) is 11.4 Å². The molecule has 2 aliphatic heterocycles. The number of hydrogen-bond donors (Lipinski definition) is 0. The van der Waals surface area contributed by atoms with Gasteiger partial charge in [0.15, 0.2) is 0 Å². The molecule has 0 radical (unpaired) electrons. The summed E-state index contributed by atoms with van der Waals surface area (Å²) in [5, 5.41) is 0. The largest absolute Gasteiger partial charge is 0.492 e. The van der Waals surface area contributed by atoms with Crippen molar-refractivity contribution in [3.8, 4) is 11.5 Å². The molecule has 8 heteroatoms. The number of para-hydroxylation sites is 2. The molecule has 8 nitrogen and oxygen atoms in total. The number of ether oxygens (including phenoxy) is 2. The first-order valence-corrected chi connectivity index (χ1v) is 12.7. The van der Waals surface area contributed by atoms with Gasteiger partial charge in [-0.1, -0.05) is 12.1 Å². The minimum atomic E-state index is -0.608. The first-order valence-electron chi connectivity index (χ1n) is 12.7. The molecule has 0 N–H and O–H groups in total. The molecule has 2 saturated carbocycles. The maximum Gasteiger partial charge on any atom is 0.316 e. The zero-order valence-corrected chi connectivity index (χ0v) is 20.1. The SMILES string of the molecule is CCOc1ccccc1N1C[C@H](C(=O)Oc2ccc(N3C(=O)[C@@H]4[C@H]5CC[C@@H](C5)[C@@H]4C3=O)cc2)CC1=O. The Morgan fingerprint density at radius 1 is 0.944 bits per heavy atom. The zero-order chi connectivity index (χ0) is 25.0. The molecule has 2 aromatic rings. The molecule has 36 heavy (non-hydrogen) atoms. The van der Waals surface area contributed by atoms with E-state index in [1.54, 1.807) is 41.3 Å². The number of imide groups is 1. The second-order valence-electron chi connectivity index (χ2n) is 10.1. The van der Waals surface area contributed by atoms with Crippen molar-refractivity contribution in [1.29, 1.82) is 0 Å². The molecule has 186 valence electrons. The van der Waals surface area contributed by atoms with Gasteiger partial charge < -0.3 is 14.4 Å². The van der Waals surface area contributed by atoms with E-state index in [-0.39, 0.29) is 42.5 Å². The van der Waals surface area contributed by atoms with Gasteiger partial charge in [-0.05, 0) is 74.4 Å². The molecule has 0 unspecified atom stereocenters. The van der Waals surface area contributed by atoms with Crippen molar-refractivity contribution < 1.29 is 28.7 Å². The summed E-state index contributed by atoms with van der Waals surface area (Å²) in [6.45, 7) is 2.55. The molecular formula is C28H28N2O6. The molecule has 4 aliphatic rings. The summed E-state index contributed by atoms with van der Waals surface area (Å²) in [6.07, 6.45) is 3.12. The molecule has 2 heterocycles. The molecule has 5 atom stereocenters. The maximum atomic E-state index is 13.0. The van der Waals surface area contributed by atoms with Crippen molar-refractivity contribution in [3.63, 3.8) is 0 Å².